The van der Waals surface area contributed by atoms with Crippen LogP contribution in [0.25, 0.3) is 0 Å². The van der Waals surface area contributed by atoms with Crippen molar-refractivity contribution in [2.24, 2.45) is 0 Å². The van der Waals surface area contributed by atoms with Crippen LogP contribution >= 0.6 is 23.2 Å². The van der Waals surface area contributed by atoms with Crippen molar-refractivity contribution >= 4 is 50.7 Å². The van der Waals surface area contributed by atoms with E-state index in [-0.39, 0.29) is 46.0 Å². The molecule has 3 rings (SSSR count). The second-order valence-electron chi connectivity index (χ2n) is 9.28. The van der Waals surface area contributed by atoms with Crippen molar-refractivity contribution in [2.45, 2.75) is 37.8 Å². The Morgan fingerprint density at radius 3 is 2.14 bits per heavy atom. The van der Waals surface area contributed by atoms with E-state index in [2.05, 4.69) is 5.32 Å². The van der Waals surface area contributed by atoms with Gasteiger partial charge in [-0.2, -0.15) is 0 Å². The van der Waals surface area contributed by atoms with Crippen LogP contribution in [0.3, 0.4) is 0 Å². The molecule has 13 heteroatoms. The summed E-state index contributed by atoms with van der Waals surface area (Å²) in [6, 6.07) is 14.6. The summed E-state index contributed by atoms with van der Waals surface area (Å²) in [5.41, 5.74) is 0.622. The summed E-state index contributed by atoms with van der Waals surface area (Å²) in [5.74, 6) is -0.364. The number of rotatable bonds is 14. The topological polar surface area (TPSA) is 114 Å². The highest BCUT2D eigenvalue weighted by Gasteiger charge is 2.35. The third kappa shape index (κ3) is 7.84. The molecule has 0 aliphatic heterocycles. The first-order valence-electron chi connectivity index (χ1n) is 13.4. The van der Waals surface area contributed by atoms with Gasteiger partial charge in [0.15, 0.2) is 11.5 Å². The lowest BCUT2D eigenvalue weighted by Crippen LogP contribution is -2.52. The van der Waals surface area contributed by atoms with Gasteiger partial charge >= 0.3 is 0 Å². The number of ether oxygens (including phenoxy) is 3. The molecule has 0 heterocycles. The number of carbonyl (C=O) groups excluding carboxylic acids is 2. The van der Waals surface area contributed by atoms with E-state index in [4.69, 9.17) is 37.4 Å². The van der Waals surface area contributed by atoms with Crippen LogP contribution in [-0.2, 0) is 26.2 Å². The molecule has 0 aliphatic rings. The third-order valence-electron chi connectivity index (χ3n) is 6.67. The number of halogens is 2. The van der Waals surface area contributed by atoms with Crippen LogP contribution < -0.4 is 23.8 Å². The van der Waals surface area contributed by atoms with Gasteiger partial charge in [0.2, 0.25) is 11.8 Å². The maximum Gasteiger partial charge on any atom is 0.265 e. The number of anilines is 1. The third-order valence-corrected chi connectivity index (χ3v) is 9.03. The Labute approximate surface area is 262 Å². The summed E-state index contributed by atoms with van der Waals surface area (Å²) in [6.45, 7) is 3.17. The molecule has 1 unspecified atom stereocenters. The van der Waals surface area contributed by atoms with Gasteiger partial charge in [0.1, 0.15) is 18.3 Å². The number of methoxy groups -OCH3 is 3. The smallest absolute Gasteiger partial charge is 0.265 e. The number of nitrogens with zero attached hydrogens (tertiary/aromatic N) is 2. The van der Waals surface area contributed by atoms with Gasteiger partial charge in [-0.15, -0.1) is 0 Å². The average Bonchev–Trinajstić information content (AvgIpc) is 3.00. The van der Waals surface area contributed by atoms with E-state index in [0.29, 0.717) is 22.9 Å². The molecule has 0 saturated heterocycles. The summed E-state index contributed by atoms with van der Waals surface area (Å²) in [4.78, 5) is 28.5. The summed E-state index contributed by atoms with van der Waals surface area (Å²) in [6.07, 6.45) is 0.269. The van der Waals surface area contributed by atoms with E-state index in [9.17, 15) is 18.0 Å². The zero-order valence-electron chi connectivity index (χ0n) is 24.6. The van der Waals surface area contributed by atoms with Crippen molar-refractivity contribution in [1.82, 2.24) is 10.2 Å². The zero-order valence-corrected chi connectivity index (χ0v) is 26.9. The first kappa shape index (κ1) is 33.8. The minimum absolute atomic E-state index is 0.0295. The maximum absolute atomic E-state index is 14.3. The molecule has 0 radical (unpaired) electrons. The predicted octanol–water partition coefficient (Wildman–Crippen LogP) is 5.16. The molecule has 10 nitrogen and oxygen atoms in total. The monoisotopic (exact) mass is 651 g/mol. The number of nitrogens with one attached hydrogen (secondary N) is 1. The first-order valence-corrected chi connectivity index (χ1v) is 15.6. The summed E-state index contributed by atoms with van der Waals surface area (Å²) >= 11 is 12.7. The van der Waals surface area contributed by atoms with Crippen LogP contribution in [0.4, 0.5) is 5.69 Å². The lowest BCUT2D eigenvalue weighted by molar-refractivity contribution is -0.140. The fraction of sp³-hybridized carbons (Fsp3) is 0.333. The molecular formula is C30H35Cl2N3O7S. The van der Waals surface area contributed by atoms with Gasteiger partial charge in [0.05, 0.1) is 31.9 Å². The Kier molecular flexibility index (Phi) is 11.9. The van der Waals surface area contributed by atoms with Crippen molar-refractivity contribution in [3.8, 4) is 17.2 Å². The number of hydrogen-bond acceptors (Lipinski definition) is 7. The zero-order chi connectivity index (χ0) is 31.7. The highest BCUT2D eigenvalue weighted by atomic mass is 35.5. The van der Waals surface area contributed by atoms with Gasteiger partial charge in [0.25, 0.3) is 10.0 Å². The number of hydrogen-bond donors (Lipinski definition) is 1. The molecule has 0 saturated carbocycles. The Bertz CT molecular complexity index is 1550. The highest BCUT2D eigenvalue weighted by Crippen LogP contribution is 2.37. The molecular weight excluding hydrogens is 617 g/mol. The van der Waals surface area contributed by atoms with Crippen LogP contribution in [-0.4, -0.2) is 65.6 Å². The largest absolute Gasteiger partial charge is 0.495 e. The van der Waals surface area contributed by atoms with Crippen LogP contribution in [0, 0.1) is 0 Å². The van der Waals surface area contributed by atoms with E-state index >= 15 is 0 Å². The quantitative estimate of drug-likeness (QED) is 0.256. The van der Waals surface area contributed by atoms with Gasteiger partial charge in [-0.1, -0.05) is 48.3 Å². The van der Waals surface area contributed by atoms with Crippen LogP contribution in [0.5, 0.6) is 17.2 Å². The van der Waals surface area contributed by atoms with Crippen molar-refractivity contribution < 1.29 is 32.2 Å². The van der Waals surface area contributed by atoms with Gasteiger partial charge in [0, 0.05) is 29.2 Å². The predicted molar refractivity (Wildman–Crippen MR) is 167 cm³/mol. The fourth-order valence-electron chi connectivity index (χ4n) is 4.50. The van der Waals surface area contributed by atoms with Crippen molar-refractivity contribution in [2.75, 3.05) is 38.7 Å². The number of carbonyl (C=O) groups is 2. The Morgan fingerprint density at radius 1 is 0.884 bits per heavy atom. The molecule has 1 atom stereocenters. The molecule has 1 N–H and O–H groups in total. The van der Waals surface area contributed by atoms with Crippen LogP contribution in [0.15, 0.2) is 65.6 Å². The molecule has 3 aromatic rings. The second kappa shape index (κ2) is 15.2. The molecule has 0 aliphatic carbocycles. The van der Waals surface area contributed by atoms with Gasteiger partial charge in [-0.3, -0.25) is 13.9 Å². The molecule has 3 aromatic carbocycles. The van der Waals surface area contributed by atoms with Crippen molar-refractivity contribution in [3.05, 3.63) is 76.3 Å². The Balaban J connectivity index is 2.19. The number of benzene rings is 3. The van der Waals surface area contributed by atoms with E-state index in [0.717, 1.165) is 4.31 Å². The van der Waals surface area contributed by atoms with Gasteiger partial charge in [-0.05, 0) is 55.3 Å². The SMILES string of the molecule is CCNC(=O)C(CC)N(Cc1ccccc1Cl)C(=O)CN(c1cc(Cl)ccc1OC)S(=O)(=O)c1ccc(OC)c(OC)c1. The van der Waals surface area contributed by atoms with E-state index in [1.807, 2.05) is 0 Å². The highest BCUT2D eigenvalue weighted by molar-refractivity contribution is 7.92. The molecule has 0 bridgehead atoms. The number of likely N-dealkylation sites (N-methyl/N-ethyl adjacent to an activating group) is 1. The summed E-state index contributed by atoms with van der Waals surface area (Å²) in [5, 5.41) is 3.38. The minimum atomic E-state index is -4.45. The van der Waals surface area contributed by atoms with Crippen molar-refractivity contribution in [1.29, 1.82) is 0 Å². The lowest BCUT2D eigenvalue weighted by atomic mass is 10.1. The van der Waals surface area contributed by atoms with E-state index < -0.39 is 28.5 Å². The number of sulfonamides is 1. The molecule has 232 valence electrons. The van der Waals surface area contributed by atoms with E-state index in [1.54, 1.807) is 44.2 Å². The Morgan fingerprint density at radius 2 is 1.53 bits per heavy atom. The molecule has 0 spiro atoms. The standard InChI is InChI=1S/C30H35Cl2N3O7S/c1-6-24(30(37)33-7-2)34(18-20-10-8-9-11-23(20)32)29(36)19-35(25-16-21(31)12-14-26(25)40-3)43(38,39)22-13-15-27(41-4)28(17-22)42-5/h8-17,24H,6-7,18-19H2,1-5H3,(H,33,37). The molecule has 0 aromatic heterocycles. The summed E-state index contributed by atoms with van der Waals surface area (Å²) in [7, 11) is -0.258. The molecule has 43 heavy (non-hydrogen) atoms. The fourth-order valence-corrected chi connectivity index (χ4v) is 6.29. The van der Waals surface area contributed by atoms with Gasteiger partial charge < -0.3 is 24.4 Å². The first-order chi connectivity index (χ1) is 20.5. The molecule has 0 fully saturated rings. The lowest BCUT2D eigenvalue weighted by Gasteiger charge is -2.33. The second-order valence-corrected chi connectivity index (χ2v) is 12.0. The van der Waals surface area contributed by atoms with Crippen LogP contribution in [0.1, 0.15) is 25.8 Å². The normalized spacial score (nSPS) is 11.8. The summed E-state index contributed by atoms with van der Waals surface area (Å²) < 4.78 is 45.5. The van der Waals surface area contributed by atoms with Crippen LogP contribution in [0.2, 0.25) is 10.0 Å². The average molecular weight is 653 g/mol. The maximum atomic E-state index is 14.3. The van der Waals surface area contributed by atoms with Gasteiger partial charge in [-0.25, -0.2) is 8.42 Å². The van der Waals surface area contributed by atoms with E-state index in [1.165, 1.54) is 56.6 Å². The molecule has 2 amide bonds. The van der Waals surface area contributed by atoms with Crippen molar-refractivity contribution in [3.63, 3.8) is 0 Å². The number of amides is 2. The minimum Gasteiger partial charge on any atom is -0.495 e. The Hall–Kier alpha value is -3.67.